The van der Waals surface area contributed by atoms with Crippen LogP contribution in [0.15, 0.2) is 36.7 Å². The Morgan fingerprint density at radius 1 is 1.07 bits per heavy atom. The average molecular weight is 383 g/mol. The lowest BCUT2D eigenvalue weighted by Gasteiger charge is -2.16. The fraction of sp³-hybridized carbons (Fsp3) is 0.176. The molecule has 2 aromatic heterocycles. The fourth-order valence-corrected chi connectivity index (χ4v) is 2.64. The van der Waals surface area contributed by atoms with Gasteiger partial charge in [0.25, 0.3) is 0 Å². The van der Waals surface area contributed by atoms with E-state index >= 15 is 0 Å². The SMILES string of the molecule is Cn1ccc(Nc2nccc(-c3ccc(CN)c(C(F)(F)F)c3F)c2F)n1. The first-order valence-corrected chi connectivity index (χ1v) is 7.72. The lowest BCUT2D eigenvalue weighted by atomic mass is 9.97. The van der Waals surface area contributed by atoms with E-state index in [2.05, 4.69) is 15.4 Å². The Hall–Kier alpha value is -3.01. The number of alkyl halides is 3. The number of anilines is 2. The number of benzene rings is 1. The van der Waals surface area contributed by atoms with Crippen LogP contribution < -0.4 is 11.1 Å². The summed E-state index contributed by atoms with van der Waals surface area (Å²) in [5, 5.41) is 6.61. The molecule has 0 aliphatic rings. The molecule has 0 radical (unpaired) electrons. The highest BCUT2D eigenvalue weighted by molar-refractivity contribution is 5.71. The van der Waals surface area contributed by atoms with Crippen molar-refractivity contribution < 1.29 is 22.0 Å². The van der Waals surface area contributed by atoms with Crippen LogP contribution in [0.1, 0.15) is 11.1 Å². The predicted octanol–water partition coefficient (Wildman–Crippen LogP) is 3.98. The number of nitrogens with zero attached hydrogens (tertiary/aromatic N) is 3. The van der Waals surface area contributed by atoms with E-state index in [1.165, 1.54) is 4.68 Å². The molecule has 0 fully saturated rings. The van der Waals surface area contributed by atoms with Crippen molar-refractivity contribution in [2.75, 3.05) is 5.32 Å². The van der Waals surface area contributed by atoms with Crippen LogP contribution in [0.5, 0.6) is 0 Å². The molecule has 3 N–H and O–H groups in total. The second kappa shape index (κ2) is 6.95. The number of rotatable bonds is 4. The molecule has 0 bridgehead atoms. The molecule has 3 rings (SSSR count). The van der Waals surface area contributed by atoms with Gasteiger partial charge >= 0.3 is 6.18 Å². The second-order valence-corrected chi connectivity index (χ2v) is 5.68. The maximum atomic E-state index is 14.8. The molecular formula is C17H14F5N5. The molecule has 0 unspecified atom stereocenters. The van der Waals surface area contributed by atoms with Gasteiger partial charge < -0.3 is 11.1 Å². The normalized spacial score (nSPS) is 11.7. The summed E-state index contributed by atoms with van der Waals surface area (Å²) in [6.07, 6.45) is -2.20. The van der Waals surface area contributed by atoms with Crippen molar-refractivity contribution >= 4 is 11.6 Å². The van der Waals surface area contributed by atoms with E-state index in [1.807, 2.05) is 0 Å². The highest BCUT2D eigenvalue weighted by atomic mass is 19.4. The summed E-state index contributed by atoms with van der Waals surface area (Å²) < 4.78 is 70.6. The van der Waals surface area contributed by atoms with Crippen LogP contribution in [0.3, 0.4) is 0 Å². The van der Waals surface area contributed by atoms with Crippen molar-refractivity contribution in [1.29, 1.82) is 0 Å². The molecule has 1 aromatic carbocycles. The summed E-state index contributed by atoms with van der Waals surface area (Å²) in [6.45, 7) is -0.503. The first-order chi connectivity index (χ1) is 12.7. The van der Waals surface area contributed by atoms with Crippen molar-refractivity contribution in [2.24, 2.45) is 12.8 Å². The Morgan fingerprint density at radius 3 is 2.37 bits per heavy atom. The van der Waals surface area contributed by atoms with Gasteiger partial charge in [0.1, 0.15) is 5.82 Å². The average Bonchev–Trinajstić information content (AvgIpc) is 3.00. The zero-order valence-corrected chi connectivity index (χ0v) is 14.0. The number of pyridine rings is 1. The van der Waals surface area contributed by atoms with E-state index in [1.54, 1.807) is 19.3 Å². The molecule has 10 heteroatoms. The largest absolute Gasteiger partial charge is 0.419 e. The number of nitrogens with two attached hydrogens (primary N) is 1. The Kier molecular flexibility index (Phi) is 4.83. The van der Waals surface area contributed by atoms with Gasteiger partial charge in [-0.2, -0.15) is 18.3 Å². The highest BCUT2D eigenvalue weighted by Crippen LogP contribution is 2.39. The van der Waals surface area contributed by atoms with Crippen LogP contribution in [0.25, 0.3) is 11.1 Å². The van der Waals surface area contributed by atoms with Gasteiger partial charge in [-0.25, -0.2) is 13.8 Å². The predicted molar refractivity (Wildman–Crippen MR) is 89.0 cm³/mol. The minimum absolute atomic E-state index is 0.274. The van der Waals surface area contributed by atoms with Crippen molar-refractivity contribution in [3.8, 4) is 11.1 Å². The molecule has 142 valence electrons. The summed E-state index contributed by atoms with van der Waals surface area (Å²) in [5.41, 5.74) is 2.46. The van der Waals surface area contributed by atoms with E-state index in [9.17, 15) is 22.0 Å². The van der Waals surface area contributed by atoms with Crippen LogP contribution in [-0.4, -0.2) is 14.8 Å². The van der Waals surface area contributed by atoms with E-state index in [-0.39, 0.29) is 17.2 Å². The zero-order chi connectivity index (χ0) is 19.8. The lowest BCUT2D eigenvalue weighted by molar-refractivity contribution is -0.140. The third kappa shape index (κ3) is 3.61. The molecule has 5 nitrogen and oxygen atoms in total. The first-order valence-electron chi connectivity index (χ1n) is 7.72. The molecule has 0 aliphatic heterocycles. The smallest absolute Gasteiger partial charge is 0.326 e. The number of hydrogen-bond donors (Lipinski definition) is 2. The Morgan fingerprint density at radius 2 is 1.78 bits per heavy atom. The Bertz CT molecular complexity index is 980. The van der Waals surface area contributed by atoms with E-state index in [0.29, 0.717) is 0 Å². The van der Waals surface area contributed by atoms with Crippen LogP contribution in [-0.2, 0) is 19.8 Å². The third-order valence-electron chi connectivity index (χ3n) is 3.87. The van der Waals surface area contributed by atoms with Crippen LogP contribution in [0.2, 0.25) is 0 Å². The monoisotopic (exact) mass is 383 g/mol. The van der Waals surface area contributed by atoms with Gasteiger partial charge in [0.05, 0.1) is 5.56 Å². The Balaban J connectivity index is 2.11. The number of aromatic nitrogens is 3. The zero-order valence-electron chi connectivity index (χ0n) is 14.0. The van der Waals surface area contributed by atoms with E-state index < -0.39 is 41.0 Å². The molecule has 2 heterocycles. The fourth-order valence-electron chi connectivity index (χ4n) is 2.64. The van der Waals surface area contributed by atoms with Gasteiger partial charge in [-0.3, -0.25) is 4.68 Å². The van der Waals surface area contributed by atoms with Crippen molar-refractivity contribution in [2.45, 2.75) is 12.7 Å². The maximum Gasteiger partial charge on any atom is 0.419 e. The summed E-state index contributed by atoms with van der Waals surface area (Å²) in [4.78, 5) is 3.80. The van der Waals surface area contributed by atoms with E-state index in [4.69, 9.17) is 5.73 Å². The summed E-state index contributed by atoms with van der Waals surface area (Å²) >= 11 is 0. The van der Waals surface area contributed by atoms with Gasteiger partial charge in [0, 0.05) is 43.2 Å². The minimum Gasteiger partial charge on any atom is -0.326 e. The highest BCUT2D eigenvalue weighted by Gasteiger charge is 2.38. The van der Waals surface area contributed by atoms with E-state index in [0.717, 1.165) is 24.4 Å². The number of aryl methyl sites for hydroxylation is 1. The van der Waals surface area contributed by atoms with Gasteiger partial charge in [-0.1, -0.05) is 12.1 Å². The van der Waals surface area contributed by atoms with Gasteiger partial charge in [0.15, 0.2) is 17.5 Å². The first kappa shape index (κ1) is 18.8. The number of hydrogen-bond acceptors (Lipinski definition) is 4. The molecule has 0 atom stereocenters. The van der Waals surface area contributed by atoms with Crippen molar-refractivity contribution in [1.82, 2.24) is 14.8 Å². The van der Waals surface area contributed by atoms with Gasteiger partial charge in [-0.05, 0) is 11.6 Å². The number of nitrogens with one attached hydrogen (secondary N) is 1. The number of halogens is 5. The second-order valence-electron chi connectivity index (χ2n) is 5.68. The molecular weight excluding hydrogens is 369 g/mol. The van der Waals surface area contributed by atoms with Crippen LogP contribution in [0.4, 0.5) is 33.6 Å². The molecule has 0 saturated heterocycles. The summed E-state index contributed by atoms with van der Waals surface area (Å²) in [6, 6.07) is 4.74. The topological polar surface area (TPSA) is 68.8 Å². The molecule has 3 aromatic rings. The summed E-state index contributed by atoms with van der Waals surface area (Å²) in [5.74, 6) is -2.60. The van der Waals surface area contributed by atoms with Crippen molar-refractivity contribution in [3.63, 3.8) is 0 Å². The maximum absolute atomic E-state index is 14.8. The lowest BCUT2D eigenvalue weighted by Crippen LogP contribution is -2.15. The summed E-state index contributed by atoms with van der Waals surface area (Å²) in [7, 11) is 1.65. The molecule has 0 saturated carbocycles. The molecule has 27 heavy (non-hydrogen) atoms. The molecule has 0 amide bonds. The van der Waals surface area contributed by atoms with Crippen molar-refractivity contribution in [3.05, 3.63) is 59.4 Å². The minimum atomic E-state index is -4.96. The molecule has 0 aliphatic carbocycles. The van der Waals surface area contributed by atoms with Gasteiger partial charge in [0.2, 0.25) is 0 Å². The standard InChI is InChI=1S/C17H14F5N5/c1-27-7-5-12(26-27)25-16-15(19)11(4-6-24-16)10-3-2-9(8-23)13(14(10)18)17(20,21)22/h2-7H,8,23H2,1H3,(H,24,25,26). The van der Waals surface area contributed by atoms with Crippen LogP contribution >= 0.6 is 0 Å². The molecule has 0 spiro atoms. The van der Waals surface area contributed by atoms with Crippen LogP contribution in [0, 0.1) is 11.6 Å². The Labute approximate surface area is 150 Å². The van der Waals surface area contributed by atoms with Gasteiger partial charge in [-0.15, -0.1) is 0 Å². The quantitative estimate of drug-likeness (QED) is 0.669. The third-order valence-corrected chi connectivity index (χ3v) is 3.87.